The second kappa shape index (κ2) is 8.92. The van der Waals surface area contributed by atoms with Gasteiger partial charge in [-0.15, -0.1) is 0 Å². The number of fused-ring (bicyclic) bond motifs is 2. The van der Waals surface area contributed by atoms with Crippen molar-refractivity contribution in [1.29, 1.82) is 0 Å². The standard InChI is InChI=1S/C18H34O5Si/c1-7-21-24(22-8-2,17-12-15-9-10-16(17)11-15)23-18(13(3)19-5)14(4)20-6/h9-10,13-18H,7-8,11-12H2,1-6H3/t13-,14+,15?,16?,17?,18?. The molecule has 0 aromatic carbocycles. The first-order valence-electron chi connectivity index (χ1n) is 9.20. The second-order valence-electron chi connectivity index (χ2n) is 6.82. The summed E-state index contributed by atoms with van der Waals surface area (Å²) in [7, 11) is 0.557. The third kappa shape index (κ3) is 4.11. The summed E-state index contributed by atoms with van der Waals surface area (Å²) in [5.74, 6) is 1.16. The zero-order valence-corrected chi connectivity index (χ0v) is 17.0. The monoisotopic (exact) mass is 358 g/mol. The lowest BCUT2D eigenvalue weighted by atomic mass is 10.1. The molecule has 2 rings (SSSR count). The third-order valence-electron chi connectivity index (χ3n) is 5.39. The predicted molar refractivity (Wildman–Crippen MR) is 95.9 cm³/mol. The highest BCUT2D eigenvalue weighted by atomic mass is 28.4. The minimum Gasteiger partial charge on any atom is -0.379 e. The van der Waals surface area contributed by atoms with Gasteiger partial charge in [0.2, 0.25) is 0 Å². The molecule has 24 heavy (non-hydrogen) atoms. The summed E-state index contributed by atoms with van der Waals surface area (Å²) >= 11 is 0. The van der Waals surface area contributed by atoms with Crippen molar-refractivity contribution >= 4 is 8.80 Å². The van der Waals surface area contributed by atoms with Gasteiger partial charge in [0.15, 0.2) is 0 Å². The SMILES string of the molecule is CCO[Si](OCC)(OC([C@H](C)OC)[C@@H](C)OC)C1CC2C=CC1C2. The summed E-state index contributed by atoms with van der Waals surface area (Å²) in [6.07, 6.45) is 6.56. The summed E-state index contributed by atoms with van der Waals surface area (Å²) in [6.45, 7) is 9.25. The van der Waals surface area contributed by atoms with Crippen LogP contribution < -0.4 is 0 Å². The lowest BCUT2D eigenvalue weighted by Crippen LogP contribution is -2.57. The number of rotatable bonds is 11. The molecule has 6 heteroatoms. The van der Waals surface area contributed by atoms with Crippen molar-refractivity contribution in [2.45, 2.75) is 64.4 Å². The quantitative estimate of drug-likeness (QED) is 0.418. The Balaban J connectivity index is 2.28. The van der Waals surface area contributed by atoms with Crippen molar-refractivity contribution in [2.24, 2.45) is 11.8 Å². The molecule has 2 bridgehead atoms. The van der Waals surface area contributed by atoms with Crippen LogP contribution in [-0.4, -0.2) is 54.5 Å². The Morgan fingerprint density at radius 1 is 0.958 bits per heavy atom. The number of hydrogen-bond donors (Lipinski definition) is 0. The van der Waals surface area contributed by atoms with Crippen molar-refractivity contribution in [3.8, 4) is 0 Å². The Bertz CT molecular complexity index is 400. The maximum atomic E-state index is 6.67. The highest BCUT2D eigenvalue weighted by Crippen LogP contribution is 2.52. The lowest BCUT2D eigenvalue weighted by Gasteiger charge is -2.41. The molecule has 5 nitrogen and oxygen atoms in total. The van der Waals surface area contributed by atoms with Crippen LogP contribution >= 0.6 is 0 Å². The molecule has 2 aliphatic carbocycles. The van der Waals surface area contributed by atoms with Gasteiger partial charge in [0.25, 0.3) is 0 Å². The lowest BCUT2D eigenvalue weighted by molar-refractivity contribution is -0.0975. The van der Waals surface area contributed by atoms with Crippen LogP contribution in [0.1, 0.15) is 40.5 Å². The Morgan fingerprint density at radius 3 is 1.92 bits per heavy atom. The molecule has 0 N–H and O–H groups in total. The molecule has 0 aromatic heterocycles. The van der Waals surface area contributed by atoms with Gasteiger partial charge in [0, 0.05) is 33.0 Å². The minimum absolute atomic E-state index is 0.0955. The number of methoxy groups -OCH3 is 2. The zero-order valence-electron chi connectivity index (χ0n) is 16.0. The van der Waals surface area contributed by atoms with Crippen molar-refractivity contribution in [1.82, 2.24) is 0 Å². The van der Waals surface area contributed by atoms with Crippen LogP contribution in [0.3, 0.4) is 0 Å². The molecule has 0 aromatic rings. The molecule has 0 amide bonds. The average molecular weight is 359 g/mol. The van der Waals surface area contributed by atoms with Gasteiger partial charge >= 0.3 is 8.80 Å². The van der Waals surface area contributed by atoms with E-state index >= 15 is 0 Å². The molecule has 1 fully saturated rings. The molecule has 0 radical (unpaired) electrons. The molecule has 0 heterocycles. The highest BCUT2D eigenvalue weighted by Gasteiger charge is 2.58. The van der Waals surface area contributed by atoms with E-state index in [1.165, 1.54) is 6.42 Å². The number of allylic oxidation sites excluding steroid dienone is 2. The summed E-state index contributed by atoms with van der Waals surface area (Å²) < 4.78 is 30.3. The van der Waals surface area contributed by atoms with E-state index in [0.717, 1.165) is 6.42 Å². The van der Waals surface area contributed by atoms with E-state index < -0.39 is 8.80 Å². The molecule has 6 atom stereocenters. The van der Waals surface area contributed by atoms with E-state index in [2.05, 4.69) is 12.2 Å². The van der Waals surface area contributed by atoms with E-state index in [9.17, 15) is 0 Å². The highest BCUT2D eigenvalue weighted by molar-refractivity contribution is 6.62. The largest absolute Gasteiger partial charge is 0.505 e. The Hall–Kier alpha value is -0.243. The van der Waals surface area contributed by atoms with Crippen LogP contribution in [0.2, 0.25) is 5.54 Å². The van der Waals surface area contributed by atoms with Crippen LogP contribution in [-0.2, 0) is 22.8 Å². The molecule has 0 saturated heterocycles. The molecule has 4 unspecified atom stereocenters. The van der Waals surface area contributed by atoms with Crippen LogP contribution in [0.5, 0.6) is 0 Å². The van der Waals surface area contributed by atoms with Crippen molar-refractivity contribution in [3.63, 3.8) is 0 Å². The van der Waals surface area contributed by atoms with Gasteiger partial charge in [-0.1, -0.05) is 12.2 Å². The van der Waals surface area contributed by atoms with Crippen LogP contribution in [0, 0.1) is 11.8 Å². The van der Waals surface area contributed by atoms with Gasteiger partial charge in [-0.2, -0.15) is 0 Å². The first kappa shape index (κ1) is 20.1. The Morgan fingerprint density at radius 2 is 1.54 bits per heavy atom. The van der Waals surface area contributed by atoms with E-state index in [1.807, 2.05) is 27.7 Å². The maximum absolute atomic E-state index is 6.67. The summed E-state index contributed by atoms with van der Waals surface area (Å²) in [4.78, 5) is 0. The van der Waals surface area contributed by atoms with Gasteiger partial charge in [0.1, 0.15) is 6.10 Å². The van der Waals surface area contributed by atoms with Gasteiger partial charge in [0.05, 0.1) is 12.2 Å². The van der Waals surface area contributed by atoms with Crippen molar-refractivity contribution in [2.75, 3.05) is 27.4 Å². The average Bonchev–Trinajstić information content (AvgIpc) is 3.22. The maximum Gasteiger partial charge on any atom is 0.505 e. The van der Waals surface area contributed by atoms with Gasteiger partial charge < -0.3 is 22.8 Å². The fraction of sp³-hybridized carbons (Fsp3) is 0.889. The van der Waals surface area contributed by atoms with E-state index in [0.29, 0.717) is 30.6 Å². The normalized spacial score (nSPS) is 29.8. The van der Waals surface area contributed by atoms with E-state index in [4.69, 9.17) is 22.8 Å². The first-order chi connectivity index (χ1) is 11.5. The molecule has 1 saturated carbocycles. The summed E-state index contributed by atoms with van der Waals surface area (Å²) in [5, 5.41) is 0. The Labute approximate surface area is 148 Å². The van der Waals surface area contributed by atoms with E-state index in [1.54, 1.807) is 14.2 Å². The van der Waals surface area contributed by atoms with Crippen LogP contribution in [0.15, 0.2) is 12.2 Å². The zero-order chi connectivity index (χ0) is 17.7. The fourth-order valence-electron chi connectivity index (χ4n) is 4.03. The third-order valence-corrected chi connectivity index (χ3v) is 8.95. The van der Waals surface area contributed by atoms with Crippen molar-refractivity contribution in [3.05, 3.63) is 12.2 Å². The predicted octanol–water partition coefficient (Wildman–Crippen LogP) is 3.42. The van der Waals surface area contributed by atoms with Gasteiger partial charge in [-0.3, -0.25) is 0 Å². The van der Waals surface area contributed by atoms with Gasteiger partial charge in [-0.05, 0) is 52.4 Å². The smallest absolute Gasteiger partial charge is 0.379 e. The number of ether oxygens (including phenoxy) is 2. The van der Waals surface area contributed by atoms with Crippen LogP contribution in [0.4, 0.5) is 0 Å². The van der Waals surface area contributed by atoms with Gasteiger partial charge in [-0.25, -0.2) is 0 Å². The molecule has 0 aliphatic heterocycles. The van der Waals surface area contributed by atoms with E-state index in [-0.39, 0.29) is 18.3 Å². The fourth-order valence-corrected chi connectivity index (χ4v) is 7.78. The molecule has 140 valence electrons. The molecular weight excluding hydrogens is 324 g/mol. The minimum atomic E-state index is -2.85. The Kier molecular flexibility index (Phi) is 7.46. The number of hydrogen-bond acceptors (Lipinski definition) is 5. The molecular formula is C18H34O5Si. The molecule has 2 aliphatic rings. The summed E-state index contributed by atoms with van der Waals surface area (Å²) in [6, 6.07) is 0. The summed E-state index contributed by atoms with van der Waals surface area (Å²) in [5.41, 5.74) is 0.336. The first-order valence-corrected chi connectivity index (χ1v) is 11.0. The molecule has 0 spiro atoms. The second-order valence-corrected chi connectivity index (χ2v) is 9.58. The topological polar surface area (TPSA) is 46.2 Å². The van der Waals surface area contributed by atoms with Crippen molar-refractivity contribution < 1.29 is 22.8 Å². The van der Waals surface area contributed by atoms with Crippen LogP contribution in [0.25, 0.3) is 0 Å².